The van der Waals surface area contributed by atoms with Gasteiger partial charge in [-0.2, -0.15) is 0 Å². The van der Waals surface area contributed by atoms with Gasteiger partial charge in [-0.1, -0.05) is 19.1 Å². The molecule has 0 radical (unpaired) electrons. The largest absolute Gasteiger partial charge is 0.457 e. The number of fused-ring (bicyclic) bond motifs is 1. The first-order valence-electron chi connectivity index (χ1n) is 10.2. The third kappa shape index (κ3) is 4.60. The molecule has 4 unspecified atom stereocenters. The summed E-state index contributed by atoms with van der Waals surface area (Å²) in [5.41, 5.74) is 4.53. The second-order valence-corrected chi connectivity index (χ2v) is 9.05. The number of benzene rings is 2. The van der Waals surface area contributed by atoms with Crippen LogP contribution < -0.4 is 15.5 Å². The van der Waals surface area contributed by atoms with E-state index in [0.717, 1.165) is 29.9 Å². The van der Waals surface area contributed by atoms with Gasteiger partial charge in [0.2, 0.25) is 5.91 Å². The Labute approximate surface area is 177 Å². The molecule has 4 rings (SSSR count). The molecule has 1 saturated carbocycles. The molecule has 0 bridgehead atoms. The first kappa shape index (κ1) is 20.3. The van der Waals surface area contributed by atoms with Crippen molar-refractivity contribution in [2.45, 2.75) is 43.3 Å². The Hall–Kier alpha value is -2.02. The van der Waals surface area contributed by atoms with E-state index in [4.69, 9.17) is 4.74 Å². The summed E-state index contributed by atoms with van der Waals surface area (Å²) in [4.78, 5) is 14.0. The van der Waals surface area contributed by atoms with Crippen LogP contribution in [0.5, 0.6) is 11.5 Å². The van der Waals surface area contributed by atoms with Crippen LogP contribution in [-0.4, -0.2) is 36.3 Å². The van der Waals surface area contributed by atoms with Crippen LogP contribution in [0.25, 0.3) is 0 Å². The lowest BCUT2D eigenvalue weighted by Gasteiger charge is -2.23. The van der Waals surface area contributed by atoms with Gasteiger partial charge in [0, 0.05) is 30.4 Å². The van der Waals surface area contributed by atoms with Gasteiger partial charge in [-0.25, -0.2) is 5.01 Å². The molecule has 5 nitrogen and oxygen atoms in total. The van der Waals surface area contributed by atoms with Gasteiger partial charge in [-0.3, -0.25) is 10.2 Å². The van der Waals surface area contributed by atoms with Gasteiger partial charge in [-0.05, 0) is 67.0 Å². The highest BCUT2D eigenvalue weighted by Gasteiger charge is 2.48. The molecule has 0 aromatic heterocycles. The Kier molecular flexibility index (Phi) is 6.13. The standard InChI is InChI=1S/C23H29N3O2S/c1-15-12-20-21(13-15)25-26(2)22(20)23(27)24-14-16-4-6-17(7-5-16)28-18-8-10-19(29-3)11-9-18/h4-11,15,20-22,25H,12-14H2,1-3H3,(H,24,27). The van der Waals surface area contributed by atoms with Crippen molar-refractivity contribution in [1.29, 1.82) is 0 Å². The number of likely N-dealkylation sites (N-methyl/N-ethyl adjacent to an activating group) is 1. The van der Waals surface area contributed by atoms with E-state index in [1.54, 1.807) is 11.8 Å². The van der Waals surface area contributed by atoms with Crippen LogP contribution >= 0.6 is 11.8 Å². The second kappa shape index (κ2) is 8.78. The number of ether oxygens (including phenoxy) is 1. The number of nitrogens with one attached hydrogen (secondary N) is 2. The Morgan fingerprint density at radius 2 is 1.79 bits per heavy atom. The number of nitrogens with zero attached hydrogens (tertiary/aromatic N) is 1. The molecule has 1 amide bonds. The van der Waals surface area contributed by atoms with Crippen molar-refractivity contribution in [3.63, 3.8) is 0 Å². The van der Waals surface area contributed by atoms with E-state index in [9.17, 15) is 4.79 Å². The summed E-state index contributed by atoms with van der Waals surface area (Å²) in [6.07, 6.45) is 4.32. The van der Waals surface area contributed by atoms with Crippen molar-refractivity contribution in [2.24, 2.45) is 11.8 Å². The molecule has 4 atom stereocenters. The molecular formula is C23H29N3O2S. The summed E-state index contributed by atoms with van der Waals surface area (Å²) >= 11 is 1.71. The number of amides is 1. The van der Waals surface area contributed by atoms with Crippen LogP contribution in [-0.2, 0) is 11.3 Å². The Balaban J connectivity index is 1.31. The summed E-state index contributed by atoms with van der Waals surface area (Å²) in [6, 6.07) is 16.3. The zero-order valence-electron chi connectivity index (χ0n) is 17.2. The highest BCUT2D eigenvalue weighted by atomic mass is 32.2. The molecule has 1 aliphatic carbocycles. The Bertz CT molecular complexity index is 840. The minimum atomic E-state index is -0.0863. The van der Waals surface area contributed by atoms with Gasteiger partial charge in [0.15, 0.2) is 0 Å². The van der Waals surface area contributed by atoms with Crippen molar-refractivity contribution in [3.8, 4) is 11.5 Å². The Morgan fingerprint density at radius 3 is 2.45 bits per heavy atom. The van der Waals surface area contributed by atoms with Crippen molar-refractivity contribution in [3.05, 3.63) is 54.1 Å². The molecule has 2 fully saturated rings. The molecular weight excluding hydrogens is 382 g/mol. The number of carbonyl (C=O) groups is 1. The maximum atomic E-state index is 12.8. The lowest BCUT2D eigenvalue weighted by Crippen LogP contribution is -2.46. The number of hydrazine groups is 1. The molecule has 1 saturated heterocycles. The van der Waals surface area contributed by atoms with Crippen molar-refractivity contribution in [1.82, 2.24) is 15.8 Å². The van der Waals surface area contributed by atoms with E-state index in [-0.39, 0.29) is 11.9 Å². The van der Waals surface area contributed by atoms with Gasteiger partial charge < -0.3 is 10.1 Å². The number of thioether (sulfide) groups is 1. The van der Waals surface area contributed by atoms with Crippen LogP contribution in [0, 0.1) is 11.8 Å². The molecule has 2 aliphatic rings. The average Bonchev–Trinajstić information content (AvgIpc) is 3.21. The summed E-state index contributed by atoms with van der Waals surface area (Å²) in [6.45, 7) is 2.80. The number of hydrogen-bond acceptors (Lipinski definition) is 5. The van der Waals surface area contributed by atoms with E-state index in [1.807, 2.05) is 48.5 Å². The fourth-order valence-electron chi connectivity index (χ4n) is 4.58. The van der Waals surface area contributed by atoms with E-state index in [1.165, 1.54) is 4.90 Å². The molecule has 1 aliphatic heterocycles. The Morgan fingerprint density at radius 1 is 1.14 bits per heavy atom. The average molecular weight is 412 g/mol. The molecule has 2 aromatic rings. The van der Waals surface area contributed by atoms with Crippen LogP contribution in [0.15, 0.2) is 53.4 Å². The number of carbonyl (C=O) groups excluding carboxylic acids is 1. The van der Waals surface area contributed by atoms with Gasteiger partial charge >= 0.3 is 0 Å². The maximum Gasteiger partial charge on any atom is 0.239 e. The molecule has 29 heavy (non-hydrogen) atoms. The van der Waals surface area contributed by atoms with Crippen molar-refractivity contribution < 1.29 is 9.53 Å². The minimum absolute atomic E-state index is 0.0863. The molecule has 154 valence electrons. The molecule has 0 spiro atoms. The van der Waals surface area contributed by atoms with Crippen molar-refractivity contribution in [2.75, 3.05) is 13.3 Å². The minimum Gasteiger partial charge on any atom is -0.457 e. The molecule has 1 heterocycles. The highest BCUT2D eigenvalue weighted by Crippen LogP contribution is 2.38. The molecule has 2 N–H and O–H groups in total. The quantitative estimate of drug-likeness (QED) is 0.703. The predicted molar refractivity (Wildman–Crippen MR) is 117 cm³/mol. The molecule has 6 heteroatoms. The normalized spacial score (nSPS) is 26.3. The van der Waals surface area contributed by atoms with Crippen LogP contribution in [0.4, 0.5) is 0 Å². The van der Waals surface area contributed by atoms with Gasteiger partial charge in [-0.15, -0.1) is 11.8 Å². The number of hydrogen-bond donors (Lipinski definition) is 2. The smallest absolute Gasteiger partial charge is 0.239 e. The topological polar surface area (TPSA) is 53.6 Å². The predicted octanol–water partition coefficient (Wildman–Crippen LogP) is 4.05. The first-order chi connectivity index (χ1) is 14.0. The van der Waals surface area contributed by atoms with Gasteiger partial charge in [0.25, 0.3) is 0 Å². The van der Waals surface area contributed by atoms with E-state index in [0.29, 0.717) is 24.4 Å². The van der Waals surface area contributed by atoms with Crippen LogP contribution in [0.1, 0.15) is 25.3 Å². The summed E-state index contributed by atoms with van der Waals surface area (Å²) < 4.78 is 5.90. The third-order valence-corrected chi connectivity index (χ3v) is 6.74. The second-order valence-electron chi connectivity index (χ2n) is 8.17. The zero-order valence-corrected chi connectivity index (χ0v) is 18.0. The monoisotopic (exact) mass is 411 g/mol. The van der Waals surface area contributed by atoms with Crippen LogP contribution in [0.2, 0.25) is 0 Å². The van der Waals surface area contributed by atoms with E-state index in [2.05, 4.69) is 36.1 Å². The fourth-order valence-corrected chi connectivity index (χ4v) is 4.99. The van der Waals surface area contributed by atoms with Crippen LogP contribution in [0.3, 0.4) is 0 Å². The number of rotatable bonds is 6. The van der Waals surface area contributed by atoms with Gasteiger partial charge in [0.05, 0.1) is 0 Å². The SMILES string of the molecule is CSc1ccc(Oc2ccc(CNC(=O)C3C4CC(C)CC4NN3C)cc2)cc1. The first-order valence-corrected chi connectivity index (χ1v) is 11.4. The zero-order chi connectivity index (χ0) is 20.4. The fraction of sp³-hybridized carbons (Fsp3) is 0.435. The maximum absolute atomic E-state index is 12.8. The molecule has 2 aromatic carbocycles. The third-order valence-electron chi connectivity index (χ3n) is 5.99. The van der Waals surface area contributed by atoms with Gasteiger partial charge in [0.1, 0.15) is 17.5 Å². The van der Waals surface area contributed by atoms with E-state index < -0.39 is 0 Å². The lowest BCUT2D eigenvalue weighted by atomic mass is 9.95. The van der Waals surface area contributed by atoms with Crippen molar-refractivity contribution >= 4 is 17.7 Å². The summed E-state index contributed by atoms with van der Waals surface area (Å²) in [7, 11) is 1.98. The highest BCUT2D eigenvalue weighted by molar-refractivity contribution is 7.98. The van der Waals surface area contributed by atoms with E-state index >= 15 is 0 Å². The summed E-state index contributed by atoms with van der Waals surface area (Å²) in [5.74, 6) is 2.81. The summed E-state index contributed by atoms with van der Waals surface area (Å²) in [5, 5.41) is 5.11. The lowest BCUT2D eigenvalue weighted by molar-refractivity contribution is -0.126.